The number of nitrogens with zero attached hydrogens (tertiary/aromatic N) is 2. The molecule has 0 unspecified atom stereocenters. The van der Waals surface area contributed by atoms with Gasteiger partial charge in [-0.25, -0.2) is 17.8 Å². The first kappa shape index (κ1) is 19.0. The zero-order chi connectivity index (χ0) is 20.7. The molecule has 3 aromatic rings. The molecule has 0 radical (unpaired) electrons. The fraction of sp³-hybridized carbons (Fsp3) is 0.273. The molecule has 7 nitrogen and oxygen atoms in total. The minimum atomic E-state index is -3.58. The highest BCUT2D eigenvalue weighted by atomic mass is 32.2. The van der Waals surface area contributed by atoms with E-state index in [0.717, 1.165) is 49.0 Å². The molecule has 5 rings (SSSR count). The van der Waals surface area contributed by atoms with Gasteiger partial charge in [-0.1, -0.05) is 24.3 Å². The summed E-state index contributed by atoms with van der Waals surface area (Å²) < 4.78 is 29.4. The van der Waals surface area contributed by atoms with Crippen molar-refractivity contribution >= 4 is 21.6 Å². The molecule has 30 heavy (non-hydrogen) atoms. The SMILES string of the molecule is O=C(Nc1cccc(S(=O)(=O)NC2CC2)c1)c1nn(-c2ccccc2)c2c1CCC2. The van der Waals surface area contributed by atoms with Crippen molar-refractivity contribution < 1.29 is 13.2 Å². The number of benzene rings is 2. The van der Waals surface area contributed by atoms with Gasteiger partial charge in [0.05, 0.1) is 10.6 Å². The van der Waals surface area contributed by atoms with Crippen LogP contribution in [0, 0.1) is 0 Å². The van der Waals surface area contributed by atoms with Crippen LogP contribution in [0.4, 0.5) is 5.69 Å². The van der Waals surface area contributed by atoms with Crippen molar-refractivity contribution in [3.8, 4) is 5.69 Å². The van der Waals surface area contributed by atoms with E-state index in [1.807, 2.05) is 35.0 Å². The molecular weight excluding hydrogens is 400 g/mol. The summed E-state index contributed by atoms with van der Waals surface area (Å²) >= 11 is 0. The van der Waals surface area contributed by atoms with E-state index in [1.54, 1.807) is 12.1 Å². The number of nitrogens with one attached hydrogen (secondary N) is 2. The van der Waals surface area contributed by atoms with Gasteiger partial charge in [0, 0.05) is 23.0 Å². The van der Waals surface area contributed by atoms with Gasteiger partial charge in [-0.3, -0.25) is 4.79 Å². The highest BCUT2D eigenvalue weighted by Gasteiger charge is 2.29. The topological polar surface area (TPSA) is 93.1 Å². The average Bonchev–Trinajstić information content (AvgIpc) is 3.27. The van der Waals surface area contributed by atoms with Crippen molar-refractivity contribution in [3.63, 3.8) is 0 Å². The summed E-state index contributed by atoms with van der Waals surface area (Å²) in [6.07, 6.45) is 4.41. The number of carbonyl (C=O) groups is 1. The molecule has 0 spiro atoms. The summed E-state index contributed by atoms with van der Waals surface area (Å²) in [4.78, 5) is 13.2. The zero-order valence-electron chi connectivity index (χ0n) is 16.3. The van der Waals surface area contributed by atoms with Crippen molar-refractivity contribution in [1.82, 2.24) is 14.5 Å². The van der Waals surface area contributed by atoms with Gasteiger partial charge < -0.3 is 5.32 Å². The van der Waals surface area contributed by atoms with Crippen LogP contribution in [-0.4, -0.2) is 30.1 Å². The molecule has 1 fully saturated rings. The van der Waals surface area contributed by atoms with Crippen LogP contribution >= 0.6 is 0 Å². The zero-order valence-corrected chi connectivity index (χ0v) is 17.2. The van der Waals surface area contributed by atoms with Gasteiger partial charge in [0.1, 0.15) is 0 Å². The Balaban J connectivity index is 1.42. The maximum absolute atomic E-state index is 13.0. The Morgan fingerprint density at radius 3 is 2.60 bits per heavy atom. The average molecular weight is 423 g/mol. The summed E-state index contributed by atoms with van der Waals surface area (Å²) in [7, 11) is -3.58. The van der Waals surface area contributed by atoms with Gasteiger partial charge >= 0.3 is 0 Å². The number of carbonyl (C=O) groups excluding carboxylic acids is 1. The number of fused-ring (bicyclic) bond motifs is 1. The maximum atomic E-state index is 13.0. The Morgan fingerprint density at radius 2 is 1.83 bits per heavy atom. The Bertz CT molecular complexity index is 1210. The molecule has 2 aliphatic carbocycles. The quantitative estimate of drug-likeness (QED) is 0.639. The molecule has 1 aromatic heterocycles. The summed E-state index contributed by atoms with van der Waals surface area (Å²) in [5, 5.41) is 7.42. The maximum Gasteiger partial charge on any atom is 0.276 e. The molecule has 1 heterocycles. The molecule has 2 aliphatic rings. The molecule has 0 saturated heterocycles. The van der Waals surface area contributed by atoms with E-state index < -0.39 is 10.0 Å². The predicted octanol–water partition coefficient (Wildman–Crippen LogP) is 3.05. The van der Waals surface area contributed by atoms with Crippen LogP contribution in [0.25, 0.3) is 5.69 Å². The Labute approximate surface area is 175 Å². The lowest BCUT2D eigenvalue weighted by atomic mass is 10.2. The standard InChI is InChI=1S/C22H22N4O3S/c27-22(23-16-6-4-9-18(14-16)30(28,29)25-15-12-13-15)21-19-10-5-11-20(19)26(24-21)17-7-2-1-3-8-17/h1-4,6-9,14-15,25H,5,10-13H2,(H,23,27). The summed E-state index contributed by atoms with van der Waals surface area (Å²) in [6, 6.07) is 16.1. The molecule has 2 aromatic carbocycles. The molecule has 154 valence electrons. The largest absolute Gasteiger partial charge is 0.321 e. The summed E-state index contributed by atoms with van der Waals surface area (Å²) in [5.41, 5.74) is 3.79. The van der Waals surface area contributed by atoms with Crippen LogP contribution in [0.5, 0.6) is 0 Å². The van der Waals surface area contributed by atoms with Crippen molar-refractivity contribution in [2.75, 3.05) is 5.32 Å². The normalized spacial score (nSPS) is 15.7. The van der Waals surface area contributed by atoms with E-state index >= 15 is 0 Å². The van der Waals surface area contributed by atoms with Crippen molar-refractivity contribution in [3.05, 3.63) is 71.5 Å². The van der Waals surface area contributed by atoms with Crippen LogP contribution < -0.4 is 10.0 Å². The number of sulfonamides is 1. The highest BCUT2D eigenvalue weighted by Crippen LogP contribution is 2.29. The molecule has 1 amide bonds. The van der Waals surface area contributed by atoms with Crippen molar-refractivity contribution in [1.29, 1.82) is 0 Å². The third kappa shape index (κ3) is 3.64. The third-order valence-corrected chi connectivity index (χ3v) is 6.97. The van der Waals surface area contributed by atoms with Gasteiger partial charge in [-0.2, -0.15) is 5.10 Å². The first-order chi connectivity index (χ1) is 14.5. The summed E-state index contributed by atoms with van der Waals surface area (Å²) in [5.74, 6) is -0.326. The molecule has 1 saturated carbocycles. The molecule has 8 heteroatoms. The van der Waals surface area contributed by atoms with Crippen LogP contribution in [-0.2, 0) is 22.9 Å². The molecular formula is C22H22N4O3S. The Hall–Kier alpha value is -2.97. The third-order valence-electron chi connectivity index (χ3n) is 5.45. The number of anilines is 1. The first-order valence-corrected chi connectivity index (χ1v) is 11.6. The lowest BCUT2D eigenvalue weighted by molar-refractivity contribution is 0.102. The van der Waals surface area contributed by atoms with E-state index in [1.165, 1.54) is 12.1 Å². The number of para-hydroxylation sites is 1. The van der Waals surface area contributed by atoms with Crippen molar-refractivity contribution in [2.45, 2.75) is 43.0 Å². The monoisotopic (exact) mass is 422 g/mol. The predicted molar refractivity (Wildman–Crippen MR) is 113 cm³/mol. The number of aromatic nitrogens is 2. The van der Waals surface area contributed by atoms with Gasteiger partial charge in [0.2, 0.25) is 10.0 Å². The fourth-order valence-electron chi connectivity index (χ4n) is 3.82. The van der Waals surface area contributed by atoms with Crippen LogP contribution in [0.1, 0.15) is 41.0 Å². The van der Waals surface area contributed by atoms with E-state index in [-0.39, 0.29) is 16.8 Å². The second kappa shape index (κ2) is 7.37. The minimum absolute atomic E-state index is 0.0257. The van der Waals surface area contributed by atoms with E-state index in [4.69, 9.17) is 0 Å². The van der Waals surface area contributed by atoms with E-state index in [2.05, 4.69) is 15.1 Å². The van der Waals surface area contributed by atoms with Crippen LogP contribution in [0.15, 0.2) is 59.5 Å². The Kier molecular flexibility index (Phi) is 4.67. The lowest BCUT2D eigenvalue weighted by Crippen LogP contribution is -2.25. The van der Waals surface area contributed by atoms with Gasteiger partial charge in [0.25, 0.3) is 5.91 Å². The summed E-state index contributed by atoms with van der Waals surface area (Å²) in [6.45, 7) is 0. The molecule has 2 N–H and O–H groups in total. The molecule has 0 aliphatic heterocycles. The van der Waals surface area contributed by atoms with E-state index in [9.17, 15) is 13.2 Å². The van der Waals surface area contributed by atoms with E-state index in [0.29, 0.717) is 11.4 Å². The number of amides is 1. The second-order valence-corrected chi connectivity index (χ2v) is 9.47. The minimum Gasteiger partial charge on any atom is -0.321 e. The van der Waals surface area contributed by atoms with Crippen LogP contribution in [0.3, 0.4) is 0 Å². The number of rotatable bonds is 6. The molecule has 0 atom stereocenters. The second-order valence-electron chi connectivity index (χ2n) is 7.75. The molecule has 0 bridgehead atoms. The first-order valence-electron chi connectivity index (χ1n) is 10.1. The Morgan fingerprint density at radius 1 is 1.03 bits per heavy atom. The van der Waals surface area contributed by atoms with Gasteiger partial charge in [0.15, 0.2) is 5.69 Å². The van der Waals surface area contributed by atoms with Gasteiger partial charge in [-0.15, -0.1) is 0 Å². The fourth-order valence-corrected chi connectivity index (χ4v) is 5.17. The highest BCUT2D eigenvalue weighted by molar-refractivity contribution is 7.89. The van der Waals surface area contributed by atoms with Crippen molar-refractivity contribution in [2.24, 2.45) is 0 Å². The number of hydrogen-bond acceptors (Lipinski definition) is 4. The van der Waals surface area contributed by atoms with Gasteiger partial charge in [-0.05, 0) is 62.4 Å². The smallest absolute Gasteiger partial charge is 0.276 e. The van der Waals surface area contributed by atoms with Crippen LogP contribution in [0.2, 0.25) is 0 Å². The lowest BCUT2D eigenvalue weighted by Gasteiger charge is -2.09. The number of hydrogen-bond donors (Lipinski definition) is 2.